The maximum Gasteiger partial charge on any atom is 0.191 e. The maximum atomic E-state index is 12.2. The Labute approximate surface area is 183 Å². The van der Waals surface area contributed by atoms with Gasteiger partial charge in [0, 0.05) is 45.9 Å². The molecule has 0 radical (unpaired) electrons. The molecule has 27 heavy (non-hydrogen) atoms. The van der Waals surface area contributed by atoms with Crippen molar-refractivity contribution in [3.8, 4) is 0 Å². The molecule has 0 unspecified atom stereocenters. The van der Waals surface area contributed by atoms with Crippen LogP contribution in [-0.4, -0.2) is 82.3 Å². The van der Waals surface area contributed by atoms with Crippen LogP contribution < -0.4 is 10.6 Å². The van der Waals surface area contributed by atoms with Crippen LogP contribution in [0.25, 0.3) is 0 Å². The van der Waals surface area contributed by atoms with E-state index in [0.29, 0.717) is 6.04 Å². The molecule has 0 saturated carbocycles. The van der Waals surface area contributed by atoms with E-state index in [-0.39, 0.29) is 36.3 Å². The van der Waals surface area contributed by atoms with Gasteiger partial charge >= 0.3 is 0 Å². The predicted molar refractivity (Wildman–Crippen MR) is 124 cm³/mol. The Morgan fingerprint density at radius 3 is 2.41 bits per heavy atom. The third-order valence-corrected chi connectivity index (χ3v) is 7.24. The van der Waals surface area contributed by atoms with Crippen molar-refractivity contribution in [1.29, 1.82) is 0 Å². The zero-order chi connectivity index (χ0) is 19.6. The summed E-state index contributed by atoms with van der Waals surface area (Å²) >= 11 is 0. The minimum absolute atomic E-state index is 0. The number of nitrogens with zero attached hydrogens (tertiary/aromatic N) is 2. The summed E-state index contributed by atoms with van der Waals surface area (Å²) < 4.78 is 28.8. The van der Waals surface area contributed by atoms with E-state index in [1.807, 2.05) is 6.92 Å². The van der Waals surface area contributed by atoms with Crippen molar-refractivity contribution >= 4 is 39.8 Å². The van der Waals surface area contributed by atoms with E-state index in [2.05, 4.69) is 20.5 Å². The second kappa shape index (κ2) is 13.2. The summed E-state index contributed by atoms with van der Waals surface area (Å²) in [6, 6.07) is 0.380. The minimum Gasteiger partial charge on any atom is -0.385 e. The monoisotopic (exact) mass is 518 g/mol. The first kappa shape index (κ1) is 26.9. The second-order valence-corrected chi connectivity index (χ2v) is 10.7. The Morgan fingerprint density at radius 2 is 1.89 bits per heavy atom. The number of piperidine rings is 1. The number of hydrogen-bond donors (Lipinski definition) is 2. The molecule has 1 heterocycles. The Hall–Kier alpha value is -0.130. The number of ether oxygens (including phenoxy) is 1. The van der Waals surface area contributed by atoms with Gasteiger partial charge in [0.25, 0.3) is 0 Å². The Balaban J connectivity index is 0.00000676. The fourth-order valence-electron chi connectivity index (χ4n) is 2.83. The number of likely N-dealkylation sites (tertiary alicyclic amines) is 1. The Bertz CT molecular complexity index is 527. The molecule has 0 aromatic carbocycles. The lowest BCUT2D eigenvalue weighted by molar-refractivity contribution is 0.155. The summed E-state index contributed by atoms with van der Waals surface area (Å²) in [5.74, 6) is 0.791. The van der Waals surface area contributed by atoms with Crippen LogP contribution in [0.4, 0.5) is 0 Å². The zero-order valence-corrected chi connectivity index (χ0v) is 20.7. The maximum absolute atomic E-state index is 12.2. The molecule has 0 amide bonds. The molecule has 162 valence electrons. The van der Waals surface area contributed by atoms with Crippen LogP contribution in [0.2, 0.25) is 0 Å². The molecule has 1 rings (SSSR count). The quantitative estimate of drug-likeness (QED) is 0.210. The molecule has 1 saturated heterocycles. The molecule has 0 aromatic rings. The van der Waals surface area contributed by atoms with Gasteiger partial charge in [-0.15, -0.1) is 24.0 Å². The van der Waals surface area contributed by atoms with Crippen molar-refractivity contribution in [2.24, 2.45) is 4.99 Å². The summed E-state index contributed by atoms with van der Waals surface area (Å²) in [4.78, 5) is 6.94. The minimum atomic E-state index is -3.14. The number of guanidine groups is 1. The normalized spacial score (nSPS) is 17.4. The largest absolute Gasteiger partial charge is 0.385 e. The fourth-order valence-corrected chi connectivity index (χ4v) is 3.77. The summed E-state index contributed by atoms with van der Waals surface area (Å²) in [5.41, 5.74) is 0. The van der Waals surface area contributed by atoms with Gasteiger partial charge in [0.05, 0.1) is 17.0 Å². The third kappa shape index (κ3) is 10.3. The van der Waals surface area contributed by atoms with Crippen LogP contribution in [0.15, 0.2) is 4.99 Å². The molecule has 7 nitrogen and oxygen atoms in total. The van der Waals surface area contributed by atoms with Crippen molar-refractivity contribution in [3.63, 3.8) is 0 Å². The van der Waals surface area contributed by atoms with Crippen LogP contribution in [0.1, 0.15) is 47.0 Å². The van der Waals surface area contributed by atoms with E-state index in [9.17, 15) is 8.42 Å². The van der Waals surface area contributed by atoms with E-state index in [0.717, 1.165) is 58.0 Å². The standard InChI is InChI=1S/C18H38N4O3S.HI/c1-6-19-17(20-10-15-26(23,24)18(2,3)4)21-16-8-12-22(13-9-16)11-7-14-25-5;/h16H,6-15H2,1-5H3,(H2,19,20,21);1H. The van der Waals surface area contributed by atoms with Gasteiger partial charge in [-0.25, -0.2) is 8.42 Å². The SMILES string of the molecule is CCNC(=NCCS(=O)(=O)C(C)(C)C)NC1CCN(CCCOC)CC1.I. The van der Waals surface area contributed by atoms with Gasteiger partial charge in [-0.1, -0.05) is 0 Å². The summed E-state index contributed by atoms with van der Waals surface area (Å²) in [6.45, 7) is 12.3. The van der Waals surface area contributed by atoms with E-state index in [1.54, 1.807) is 27.9 Å². The summed E-state index contributed by atoms with van der Waals surface area (Å²) in [5, 5.41) is 6.68. The summed E-state index contributed by atoms with van der Waals surface area (Å²) in [6.07, 6.45) is 3.20. The number of rotatable bonds is 9. The van der Waals surface area contributed by atoms with Crippen LogP contribution in [0, 0.1) is 0 Å². The van der Waals surface area contributed by atoms with Crippen LogP contribution in [-0.2, 0) is 14.6 Å². The van der Waals surface area contributed by atoms with Gasteiger partial charge in [0.2, 0.25) is 0 Å². The molecule has 0 bridgehead atoms. The lowest BCUT2D eigenvalue weighted by Gasteiger charge is -2.33. The molecule has 0 spiro atoms. The van der Waals surface area contributed by atoms with Crippen molar-refractivity contribution in [3.05, 3.63) is 0 Å². The van der Waals surface area contributed by atoms with Gasteiger partial charge < -0.3 is 20.3 Å². The van der Waals surface area contributed by atoms with Crippen molar-refractivity contribution in [2.45, 2.75) is 57.7 Å². The number of nitrogens with one attached hydrogen (secondary N) is 2. The fraction of sp³-hybridized carbons (Fsp3) is 0.944. The average Bonchev–Trinajstić information content (AvgIpc) is 2.55. The first-order chi connectivity index (χ1) is 12.2. The Morgan fingerprint density at radius 1 is 1.26 bits per heavy atom. The van der Waals surface area contributed by atoms with Crippen LogP contribution in [0.3, 0.4) is 0 Å². The average molecular weight is 519 g/mol. The molecule has 1 aliphatic rings. The lowest BCUT2D eigenvalue weighted by atomic mass is 10.1. The second-order valence-electron chi connectivity index (χ2n) is 7.80. The Kier molecular flexibility index (Phi) is 13.1. The zero-order valence-electron chi connectivity index (χ0n) is 17.6. The highest BCUT2D eigenvalue weighted by Gasteiger charge is 2.28. The molecule has 0 atom stereocenters. The highest BCUT2D eigenvalue weighted by Crippen LogP contribution is 2.15. The highest BCUT2D eigenvalue weighted by molar-refractivity contribution is 14.0. The smallest absolute Gasteiger partial charge is 0.191 e. The van der Waals surface area contributed by atoms with Gasteiger partial charge in [0.1, 0.15) is 0 Å². The van der Waals surface area contributed by atoms with Crippen molar-refractivity contribution < 1.29 is 13.2 Å². The molecule has 1 aliphatic heterocycles. The molecule has 0 aromatic heterocycles. The molecular weight excluding hydrogens is 479 g/mol. The summed E-state index contributed by atoms with van der Waals surface area (Å²) in [7, 11) is -1.40. The van der Waals surface area contributed by atoms with Gasteiger partial charge in [-0.3, -0.25) is 4.99 Å². The van der Waals surface area contributed by atoms with Gasteiger partial charge in [0.15, 0.2) is 15.8 Å². The van der Waals surface area contributed by atoms with E-state index >= 15 is 0 Å². The van der Waals surface area contributed by atoms with E-state index < -0.39 is 14.6 Å². The number of hydrogen-bond acceptors (Lipinski definition) is 5. The number of sulfone groups is 1. The molecular formula is C18H39IN4O3S. The topological polar surface area (TPSA) is 83.0 Å². The van der Waals surface area contributed by atoms with E-state index in [1.165, 1.54) is 0 Å². The molecule has 0 aliphatic carbocycles. The molecule has 9 heteroatoms. The molecule has 2 N–H and O–H groups in total. The van der Waals surface area contributed by atoms with Crippen LogP contribution >= 0.6 is 24.0 Å². The number of aliphatic imine (C=N–C) groups is 1. The third-order valence-electron chi connectivity index (χ3n) is 4.66. The van der Waals surface area contributed by atoms with Crippen molar-refractivity contribution in [1.82, 2.24) is 15.5 Å². The lowest BCUT2D eigenvalue weighted by Crippen LogP contribution is -2.49. The number of methoxy groups -OCH3 is 1. The number of halogens is 1. The van der Waals surface area contributed by atoms with Crippen molar-refractivity contribution in [2.75, 3.05) is 52.2 Å². The highest BCUT2D eigenvalue weighted by atomic mass is 127. The predicted octanol–water partition coefficient (Wildman–Crippen LogP) is 1.87. The van der Waals surface area contributed by atoms with E-state index in [4.69, 9.17) is 4.74 Å². The first-order valence-electron chi connectivity index (χ1n) is 9.68. The molecule has 1 fully saturated rings. The van der Waals surface area contributed by atoms with Gasteiger partial charge in [-0.2, -0.15) is 0 Å². The van der Waals surface area contributed by atoms with Crippen LogP contribution in [0.5, 0.6) is 0 Å². The first-order valence-corrected chi connectivity index (χ1v) is 11.3. The van der Waals surface area contributed by atoms with Gasteiger partial charge in [-0.05, 0) is 47.0 Å².